The van der Waals surface area contributed by atoms with Crippen molar-refractivity contribution in [1.29, 1.82) is 0 Å². The number of hydrogen-bond acceptors (Lipinski definition) is 1. The van der Waals surface area contributed by atoms with E-state index in [2.05, 4.69) is 27.9 Å². The maximum Gasteiger partial charge on any atom is 0.222 e. The van der Waals surface area contributed by atoms with Crippen LogP contribution in [0.2, 0.25) is 0 Å². The summed E-state index contributed by atoms with van der Waals surface area (Å²) in [5, 5.41) is 2.88. The fraction of sp³-hybridized carbons (Fsp3) is 0.364. The highest BCUT2D eigenvalue weighted by Crippen LogP contribution is 2.06. The smallest absolute Gasteiger partial charge is 0.222 e. The van der Waals surface area contributed by atoms with Crippen molar-refractivity contribution >= 4 is 28.5 Å². The molecular formula is C11H14INO. The summed E-state index contributed by atoms with van der Waals surface area (Å²) < 4.78 is 1.21. The fourth-order valence-electron chi connectivity index (χ4n) is 0.996. The summed E-state index contributed by atoms with van der Waals surface area (Å²) in [5.41, 5.74) is 1.14. The monoisotopic (exact) mass is 303 g/mol. The minimum atomic E-state index is 0.0545. The van der Waals surface area contributed by atoms with Crippen molar-refractivity contribution in [3.05, 3.63) is 33.4 Å². The van der Waals surface area contributed by atoms with Crippen LogP contribution in [0.25, 0.3) is 0 Å². The standard InChI is InChI=1S/C11H14INO/c1-8(2)11(14)13-7-9-3-5-10(12)6-4-9/h3-6,8H,7H2,1-2H3,(H,13,14). The number of nitrogens with one attached hydrogen (secondary N) is 1. The molecule has 0 fully saturated rings. The Morgan fingerprint density at radius 3 is 2.43 bits per heavy atom. The zero-order chi connectivity index (χ0) is 10.6. The van der Waals surface area contributed by atoms with Gasteiger partial charge in [-0.25, -0.2) is 0 Å². The van der Waals surface area contributed by atoms with Crippen LogP contribution >= 0.6 is 22.6 Å². The Kier molecular flexibility index (Phi) is 4.38. The molecule has 1 aromatic rings. The SMILES string of the molecule is CC(C)C(=O)NCc1ccc(I)cc1. The molecule has 1 aromatic carbocycles. The largest absolute Gasteiger partial charge is 0.352 e. The fourth-order valence-corrected chi connectivity index (χ4v) is 1.36. The van der Waals surface area contributed by atoms with Crippen molar-refractivity contribution in [3.8, 4) is 0 Å². The average molecular weight is 303 g/mol. The Morgan fingerprint density at radius 2 is 1.93 bits per heavy atom. The molecule has 0 unspecified atom stereocenters. The van der Waals surface area contributed by atoms with E-state index in [1.165, 1.54) is 3.57 Å². The zero-order valence-corrected chi connectivity index (χ0v) is 10.5. The van der Waals surface area contributed by atoms with E-state index in [4.69, 9.17) is 0 Å². The molecule has 1 rings (SSSR count). The third kappa shape index (κ3) is 3.65. The number of rotatable bonds is 3. The van der Waals surface area contributed by atoms with Crippen LogP contribution < -0.4 is 5.32 Å². The molecule has 0 atom stereocenters. The second-order valence-corrected chi connectivity index (χ2v) is 4.74. The lowest BCUT2D eigenvalue weighted by Gasteiger charge is -2.07. The van der Waals surface area contributed by atoms with E-state index in [9.17, 15) is 4.79 Å². The molecule has 0 saturated heterocycles. The summed E-state index contributed by atoms with van der Waals surface area (Å²) in [4.78, 5) is 11.3. The van der Waals surface area contributed by atoms with Gasteiger partial charge in [-0.2, -0.15) is 0 Å². The van der Waals surface area contributed by atoms with Crippen LogP contribution in [0.5, 0.6) is 0 Å². The Labute approximate surface area is 98.2 Å². The molecule has 0 heterocycles. The van der Waals surface area contributed by atoms with Gasteiger partial charge in [0.05, 0.1) is 0 Å². The van der Waals surface area contributed by atoms with Gasteiger partial charge in [0.25, 0.3) is 0 Å². The number of halogens is 1. The number of carbonyl (C=O) groups is 1. The van der Waals surface area contributed by atoms with Gasteiger partial charge in [-0.05, 0) is 40.3 Å². The van der Waals surface area contributed by atoms with Gasteiger partial charge in [-0.3, -0.25) is 4.79 Å². The molecule has 0 radical (unpaired) electrons. The third-order valence-electron chi connectivity index (χ3n) is 1.90. The number of hydrogen-bond donors (Lipinski definition) is 1. The Balaban J connectivity index is 2.46. The molecule has 0 aromatic heterocycles. The van der Waals surface area contributed by atoms with Crippen LogP contribution in [-0.4, -0.2) is 5.91 Å². The minimum Gasteiger partial charge on any atom is -0.352 e. The Bertz CT molecular complexity index is 306. The first-order valence-electron chi connectivity index (χ1n) is 4.61. The van der Waals surface area contributed by atoms with Crippen molar-refractivity contribution in [2.24, 2.45) is 5.92 Å². The van der Waals surface area contributed by atoms with E-state index < -0.39 is 0 Å². The number of benzene rings is 1. The molecule has 0 aliphatic carbocycles. The van der Waals surface area contributed by atoms with Gasteiger partial charge in [0.1, 0.15) is 0 Å². The quantitative estimate of drug-likeness (QED) is 0.854. The normalized spacial score (nSPS) is 10.3. The molecular weight excluding hydrogens is 289 g/mol. The van der Waals surface area contributed by atoms with Crippen LogP contribution in [0.4, 0.5) is 0 Å². The van der Waals surface area contributed by atoms with Crippen LogP contribution in [-0.2, 0) is 11.3 Å². The first-order valence-corrected chi connectivity index (χ1v) is 5.69. The molecule has 0 bridgehead atoms. The maximum absolute atomic E-state index is 11.3. The molecule has 3 heteroatoms. The summed E-state index contributed by atoms with van der Waals surface area (Å²) in [6.45, 7) is 4.40. The summed E-state index contributed by atoms with van der Waals surface area (Å²) in [6.07, 6.45) is 0. The zero-order valence-electron chi connectivity index (χ0n) is 8.38. The molecule has 2 nitrogen and oxygen atoms in total. The number of amides is 1. The maximum atomic E-state index is 11.3. The van der Waals surface area contributed by atoms with Crippen molar-refractivity contribution in [1.82, 2.24) is 5.32 Å². The van der Waals surface area contributed by atoms with Gasteiger partial charge >= 0.3 is 0 Å². The van der Waals surface area contributed by atoms with Crippen LogP contribution in [0.3, 0.4) is 0 Å². The van der Waals surface area contributed by atoms with E-state index in [1.54, 1.807) is 0 Å². The highest BCUT2D eigenvalue weighted by Gasteiger charge is 2.05. The van der Waals surface area contributed by atoms with E-state index in [0.29, 0.717) is 6.54 Å². The summed E-state index contributed by atoms with van der Waals surface area (Å²) in [6, 6.07) is 8.14. The van der Waals surface area contributed by atoms with Gasteiger partial charge < -0.3 is 5.32 Å². The topological polar surface area (TPSA) is 29.1 Å². The summed E-state index contributed by atoms with van der Waals surface area (Å²) in [5.74, 6) is 0.155. The molecule has 1 N–H and O–H groups in total. The Morgan fingerprint density at radius 1 is 1.36 bits per heavy atom. The molecule has 0 spiro atoms. The second-order valence-electron chi connectivity index (χ2n) is 3.50. The summed E-state index contributed by atoms with van der Waals surface area (Å²) >= 11 is 2.26. The van der Waals surface area contributed by atoms with Gasteiger partial charge in [0.2, 0.25) is 5.91 Å². The van der Waals surface area contributed by atoms with E-state index in [0.717, 1.165) is 5.56 Å². The van der Waals surface area contributed by atoms with Gasteiger partial charge in [-0.1, -0.05) is 26.0 Å². The lowest BCUT2D eigenvalue weighted by Crippen LogP contribution is -2.27. The minimum absolute atomic E-state index is 0.0545. The molecule has 76 valence electrons. The number of carbonyl (C=O) groups excluding carboxylic acids is 1. The highest BCUT2D eigenvalue weighted by molar-refractivity contribution is 14.1. The van der Waals surface area contributed by atoms with E-state index in [-0.39, 0.29) is 11.8 Å². The molecule has 0 aliphatic rings. The first kappa shape index (κ1) is 11.5. The highest BCUT2D eigenvalue weighted by atomic mass is 127. The van der Waals surface area contributed by atoms with Crippen LogP contribution in [0.15, 0.2) is 24.3 Å². The molecule has 0 aliphatic heterocycles. The molecule has 14 heavy (non-hydrogen) atoms. The summed E-state index contributed by atoms with van der Waals surface area (Å²) in [7, 11) is 0. The second kappa shape index (κ2) is 5.34. The third-order valence-corrected chi connectivity index (χ3v) is 2.62. The van der Waals surface area contributed by atoms with E-state index >= 15 is 0 Å². The average Bonchev–Trinajstić information content (AvgIpc) is 2.16. The van der Waals surface area contributed by atoms with Crippen molar-refractivity contribution < 1.29 is 4.79 Å². The van der Waals surface area contributed by atoms with Crippen molar-refractivity contribution in [2.45, 2.75) is 20.4 Å². The predicted molar refractivity (Wildman–Crippen MR) is 65.8 cm³/mol. The first-order chi connectivity index (χ1) is 6.59. The Hall–Kier alpha value is -0.580. The lowest BCUT2D eigenvalue weighted by molar-refractivity contribution is -0.124. The molecule has 1 amide bonds. The van der Waals surface area contributed by atoms with E-state index in [1.807, 2.05) is 38.1 Å². The van der Waals surface area contributed by atoms with Crippen molar-refractivity contribution in [2.75, 3.05) is 0 Å². The predicted octanol–water partition coefficient (Wildman–Crippen LogP) is 2.56. The van der Waals surface area contributed by atoms with Gasteiger partial charge in [0, 0.05) is 16.0 Å². The van der Waals surface area contributed by atoms with Crippen LogP contribution in [0.1, 0.15) is 19.4 Å². The van der Waals surface area contributed by atoms with Crippen molar-refractivity contribution in [3.63, 3.8) is 0 Å². The molecule has 0 saturated carbocycles. The van der Waals surface area contributed by atoms with Gasteiger partial charge in [-0.15, -0.1) is 0 Å². The van der Waals surface area contributed by atoms with Gasteiger partial charge in [0.15, 0.2) is 0 Å². The van der Waals surface area contributed by atoms with Crippen LogP contribution in [0, 0.1) is 9.49 Å². The lowest BCUT2D eigenvalue weighted by atomic mass is 10.2.